The SMILES string of the molecule is OCCNc1nc(NCCc2nc3ccccc3[nH]2)cc([C@@H]2CCOC2)n1. The largest absolute Gasteiger partial charge is 0.395 e. The van der Waals surface area contributed by atoms with Crippen molar-refractivity contribution in [1.82, 2.24) is 19.9 Å². The molecule has 0 aliphatic carbocycles. The summed E-state index contributed by atoms with van der Waals surface area (Å²) < 4.78 is 5.49. The highest BCUT2D eigenvalue weighted by molar-refractivity contribution is 5.74. The summed E-state index contributed by atoms with van der Waals surface area (Å²) in [6, 6.07) is 10.0. The molecule has 8 heteroatoms. The number of rotatable bonds is 8. The number of ether oxygens (including phenoxy) is 1. The Kier molecular flexibility index (Phi) is 5.45. The van der Waals surface area contributed by atoms with Gasteiger partial charge in [-0.15, -0.1) is 0 Å². The topological polar surface area (TPSA) is 108 Å². The Balaban J connectivity index is 1.43. The summed E-state index contributed by atoms with van der Waals surface area (Å²) in [6.07, 6.45) is 1.73. The predicted octanol–water partition coefficient (Wildman–Crippen LogP) is 1.92. The van der Waals surface area contributed by atoms with Gasteiger partial charge in [0, 0.05) is 38.1 Å². The van der Waals surface area contributed by atoms with Crippen LogP contribution in [0.15, 0.2) is 30.3 Å². The maximum Gasteiger partial charge on any atom is 0.224 e. The van der Waals surface area contributed by atoms with E-state index in [1.807, 2.05) is 30.3 Å². The van der Waals surface area contributed by atoms with Crippen molar-refractivity contribution in [1.29, 1.82) is 0 Å². The average Bonchev–Trinajstić information content (AvgIpc) is 3.35. The van der Waals surface area contributed by atoms with Crippen LogP contribution in [0.4, 0.5) is 11.8 Å². The Morgan fingerprint density at radius 2 is 2.07 bits per heavy atom. The van der Waals surface area contributed by atoms with Crippen molar-refractivity contribution in [3.8, 4) is 0 Å². The fourth-order valence-electron chi connectivity index (χ4n) is 3.21. The van der Waals surface area contributed by atoms with E-state index in [2.05, 4.69) is 30.6 Å². The molecule has 8 nitrogen and oxygen atoms in total. The number of aliphatic hydroxyl groups excluding tert-OH is 1. The maximum atomic E-state index is 9.04. The van der Waals surface area contributed by atoms with E-state index in [0.717, 1.165) is 47.8 Å². The number of hydrogen-bond donors (Lipinski definition) is 4. The highest BCUT2D eigenvalue weighted by Gasteiger charge is 2.20. The summed E-state index contributed by atoms with van der Waals surface area (Å²) in [7, 11) is 0. The van der Waals surface area contributed by atoms with Gasteiger partial charge in [-0.2, -0.15) is 4.98 Å². The highest BCUT2D eigenvalue weighted by Crippen LogP contribution is 2.26. The molecule has 0 spiro atoms. The second-order valence-corrected chi connectivity index (χ2v) is 6.59. The molecule has 0 unspecified atom stereocenters. The third kappa shape index (κ3) is 4.35. The second-order valence-electron chi connectivity index (χ2n) is 6.59. The number of anilines is 2. The second kappa shape index (κ2) is 8.32. The zero-order valence-corrected chi connectivity index (χ0v) is 15.1. The molecule has 3 heterocycles. The van der Waals surface area contributed by atoms with Crippen molar-refractivity contribution in [3.05, 3.63) is 41.9 Å². The minimum Gasteiger partial charge on any atom is -0.395 e. The van der Waals surface area contributed by atoms with Gasteiger partial charge in [0.25, 0.3) is 0 Å². The van der Waals surface area contributed by atoms with Gasteiger partial charge in [-0.3, -0.25) is 0 Å². The number of aromatic amines is 1. The molecule has 1 atom stereocenters. The van der Waals surface area contributed by atoms with E-state index in [1.165, 1.54) is 0 Å². The lowest BCUT2D eigenvalue weighted by Gasteiger charge is -2.13. The molecule has 4 N–H and O–H groups in total. The summed E-state index contributed by atoms with van der Waals surface area (Å²) >= 11 is 0. The molecule has 0 amide bonds. The Labute approximate surface area is 157 Å². The fourth-order valence-corrected chi connectivity index (χ4v) is 3.21. The average molecular weight is 368 g/mol. The highest BCUT2D eigenvalue weighted by atomic mass is 16.5. The van der Waals surface area contributed by atoms with E-state index in [0.29, 0.717) is 31.6 Å². The van der Waals surface area contributed by atoms with Gasteiger partial charge in [0.2, 0.25) is 5.95 Å². The summed E-state index contributed by atoms with van der Waals surface area (Å²) in [5, 5.41) is 15.5. The number of nitrogens with one attached hydrogen (secondary N) is 3. The molecular weight excluding hydrogens is 344 g/mol. The van der Waals surface area contributed by atoms with Crippen LogP contribution in [-0.4, -0.2) is 58.0 Å². The molecule has 0 radical (unpaired) electrons. The van der Waals surface area contributed by atoms with E-state index in [-0.39, 0.29) is 6.61 Å². The Morgan fingerprint density at radius 3 is 2.89 bits per heavy atom. The third-order valence-electron chi connectivity index (χ3n) is 4.60. The van der Waals surface area contributed by atoms with Gasteiger partial charge in [0.15, 0.2) is 0 Å². The van der Waals surface area contributed by atoms with Gasteiger partial charge in [-0.1, -0.05) is 12.1 Å². The van der Waals surface area contributed by atoms with Crippen LogP contribution < -0.4 is 10.6 Å². The van der Waals surface area contributed by atoms with Crippen molar-refractivity contribution >= 4 is 22.8 Å². The lowest BCUT2D eigenvalue weighted by atomic mass is 10.0. The summed E-state index contributed by atoms with van der Waals surface area (Å²) in [6.45, 7) is 2.62. The fraction of sp³-hybridized carbons (Fsp3) is 0.421. The van der Waals surface area contributed by atoms with E-state index < -0.39 is 0 Å². The Hall–Kier alpha value is -2.71. The predicted molar refractivity (Wildman–Crippen MR) is 104 cm³/mol. The lowest BCUT2D eigenvalue weighted by molar-refractivity contribution is 0.193. The van der Waals surface area contributed by atoms with Gasteiger partial charge >= 0.3 is 0 Å². The third-order valence-corrected chi connectivity index (χ3v) is 4.60. The molecule has 142 valence electrons. The van der Waals surface area contributed by atoms with Crippen LogP contribution in [0, 0.1) is 0 Å². The molecule has 0 bridgehead atoms. The minimum absolute atomic E-state index is 0.0366. The zero-order valence-electron chi connectivity index (χ0n) is 15.1. The first-order chi connectivity index (χ1) is 13.3. The van der Waals surface area contributed by atoms with Crippen molar-refractivity contribution in [2.24, 2.45) is 0 Å². The number of para-hydroxylation sites is 2. The molecule has 3 aromatic rings. The van der Waals surface area contributed by atoms with Crippen molar-refractivity contribution < 1.29 is 9.84 Å². The number of imidazole rings is 1. The Bertz CT molecular complexity index is 858. The quantitative estimate of drug-likeness (QED) is 0.481. The molecule has 1 saturated heterocycles. The number of benzene rings is 1. The van der Waals surface area contributed by atoms with Crippen molar-refractivity contribution in [2.75, 3.05) is 43.5 Å². The number of hydrogen-bond acceptors (Lipinski definition) is 7. The first-order valence-corrected chi connectivity index (χ1v) is 9.31. The van der Waals surface area contributed by atoms with E-state index >= 15 is 0 Å². The van der Waals surface area contributed by atoms with Crippen LogP contribution >= 0.6 is 0 Å². The van der Waals surface area contributed by atoms with Crippen LogP contribution in [-0.2, 0) is 11.2 Å². The van der Waals surface area contributed by atoms with E-state index in [9.17, 15) is 0 Å². The van der Waals surface area contributed by atoms with Crippen LogP contribution in [0.25, 0.3) is 11.0 Å². The van der Waals surface area contributed by atoms with E-state index in [1.54, 1.807) is 0 Å². The first kappa shape index (κ1) is 17.7. The summed E-state index contributed by atoms with van der Waals surface area (Å²) in [5.74, 6) is 2.53. The minimum atomic E-state index is 0.0366. The van der Waals surface area contributed by atoms with Crippen LogP contribution in [0.2, 0.25) is 0 Å². The van der Waals surface area contributed by atoms with Crippen LogP contribution in [0.5, 0.6) is 0 Å². The van der Waals surface area contributed by atoms with Gasteiger partial charge < -0.3 is 25.5 Å². The van der Waals surface area contributed by atoms with Crippen LogP contribution in [0.1, 0.15) is 23.9 Å². The standard InChI is InChI=1S/C19H24N6O2/c26-9-8-21-19-24-16(13-6-10-27-12-13)11-18(25-19)20-7-5-17-22-14-3-1-2-4-15(14)23-17/h1-4,11,13,26H,5-10,12H2,(H,22,23)(H2,20,21,24,25)/t13-/m1/s1. The number of aliphatic hydroxyl groups is 1. The molecule has 27 heavy (non-hydrogen) atoms. The molecule has 0 saturated carbocycles. The number of nitrogens with zero attached hydrogens (tertiary/aromatic N) is 3. The first-order valence-electron chi connectivity index (χ1n) is 9.31. The monoisotopic (exact) mass is 368 g/mol. The van der Waals surface area contributed by atoms with Crippen molar-refractivity contribution in [2.45, 2.75) is 18.8 Å². The number of H-pyrrole nitrogens is 1. The molecule has 4 rings (SSSR count). The maximum absolute atomic E-state index is 9.04. The van der Waals surface area contributed by atoms with Crippen molar-refractivity contribution in [3.63, 3.8) is 0 Å². The zero-order chi connectivity index (χ0) is 18.5. The Morgan fingerprint density at radius 1 is 1.15 bits per heavy atom. The van der Waals surface area contributed by atoms with Gasteiger partial charge in [-0.25, -0.2) is 9.97 Å². The molecular formula is C19H24N6O2. The van der Waals surface area contributed by atoms with E-state index in [4.69, 9.17) is 9.84 Å². The van der Waals surface area contributed by atoms with Crippen LogP contribution in [0.3, 0.4) is 0 Å². The molecule has 1 aliphatic rings. The summed E-state index contributed by atoms with van der Waals surface area (Å²) in [5.41, 5.74) is 3.00. The molecule has 1 fully saturated rings. The smallest absolute Gasteiger partial charge is 0.224 e. The lowest BCUT2D eigenvalue weighted by Crippen LogP contribution is -2.14. The normalized spacial score (nSPS) is 16.7. The van der Waals surface area contributed by atoms with Gasteiger partial charge in [0.1, 0.15) is 11.6 Å². The summed E-state index contributed by atoms with van der Waals surface area (Å²) in [4.78, 5) is 17.0. The van der Waals surface area contributed by atoms with Gasteiger partial charge in [-0.05, 0) is 18.6 Å². The molecule has 1 aliphatic heterocycles. The molecule has 1 aromatic carbocycles. The van der Waals surface area contributed by atoms with Gasteiger partial charge in [0.05, 0.1) is 29.9 Å². The number of fused-ring (bicyclic) bond motifs is 1. The number of aromatic nitrogens is 4. The molecule has 2 aromatic heterocycles.